The minimum atomic E-state index is -0.474. The Morgan fingerprint density at radius 2 is 2.24 bits per heavy atom. The molecule has 0 radical (unpaired) electrons. The average Bonchev–Trinajstić information content (AvgIpc) is 2.76. The van der Waals surface area contributed by atoms with Crippen LogP contribution in [0, 0.1) is 5.92 Å². The van der Waals surface area contributed by atoms with Gasteiger partial charge in [-0.2, -0.15) is 0 Å². The Bertz CT molecular complexity index is 487. The van der Waals surface area contributed by atoms with Crippen molar-refractivity contribution in [3.8, 4) is 11.6 Å². The van der Waals surface area contributed by atoms with Gasteiger partial charge < -0.3 is 24.8 Å². The van der Waals surface area contributed by atoms with Crippen LogP contribution in [-0.2, 0) is 4.79 Å². The highest BCUT2D eigenvalue weighted by Crippen LogP contribution is 2.32. The van der Waals surface area contributed by atoms with Crippen molar-refractivity contribution in [2.24, 2.45) is 5.92 Å². The van der Waals surface area contributed by atoms with Gasteiger partial charge in [-0.25, -0.2) is 4.98 Å². The van der Waals surface area contributed by atoms with Crippen LogP contribution in [0.15, 0.2) is 12.3 Å². The third-order valence-electron chi connectivity index (χ3n) is 3.59. The second-order valence-electron chi connectivity index (χ2n) is 5.20. The Morgan fingerprint density at radius 3 is 2.81 bits per heavy atom. The van der Waals surface area contributed by atoms with Gasteiger partial charge in [0.25, 0.3) is 0 Å². The average molecular weight is 295 g/mol. The first-order valence-corrected chi connectivity index (χ1v) is 6.78. The smallest absolute Gasteiger partial charge is 0.241 e. The predicted molar refractivity (Wildman–Crippen MR) is 77.6 cm³/mol. The van der Waals surface area contributed by atoms with Crippen molar-refractivity contribution in [3.63, 3.8) is 0 Å². The number of carbonyl (C=O) groups excluding carboxylic acids is 1. The van der Waals surface area contributed by atoms with Crippen LogP contribution in [0.25, 0.3) is 0 Å². The lowest BCUT2D eigenvalue weighted by molar-refractivity contribution is -0.117. The molecule has 1 aromatic heterocycles. The Kier molecular flexibility index (Phi) is 4.98. The van der Waals surface area contributed by atoms with E-state index in [0.717, 1.165) is 0 Å². The zero-order valence-electron chi connectivity index (χ0n) is 12.5. The van der Waals surface area contributed by atoms with E-state index in [9.17, 15) is 9.90 Å². The van der Waals surface area contributed by atoms with Crippen molar-refractivity contribution in [3.05, 3.63) is 12.3 Å². The molecular weight excluding hydrogens is 274 g/mol. The van der Waals surface area contributed by atoms with Crippen LogP contribution in [0.1, 0.15) is 6.42 Å². The second-order valence-corrected chi connectivity index (χ2v) is 5.20. The number of likely N-dealkylation sites (tertiary alicyclic amines) is 1. The first kappa shape index (κ1) is 15.5. The van der Waals surface area contributed by atoms with E-state index in [1.54, 1.807) is 12.3 Å². The molecule has 0 saturated carbocycles. The maximum absolute atomic E-state index is 12.2. The zero-order valence-corrected chi connectivity index (χ0v) is 12.5. The monoisotopic (exact) mass is 295 g/mol. The maximum atomic E-state index is 12.2. The van der Waals surface area contributed by atoms with Crippen molar-refractivity contribution in [1.82, 2.24) is 9.88 Å². The first-order chi connectivity index (χ1) is 10.0. The lowest BCUT2D eigenvalue weighted by Gasteiger charge is -2.16. The molecule has 2 atom stereocenters. The second kappa shape index (κ2) is 6.73. The molecule has 2 rings (SSSR count). The minimum Gasteiger partial charge on any atom is -0.494 e. The van der Waals surface area contributed by atoms with Gasteiger partial charge in [0.15, 0.2) is 0 Å². The highest BCUT2D eigenvalue weighted by molar-refractivity contribution is 5.93. The lowest BCUT2D eigenvalue weighted by atomic mass is 10.0. The van der Waals surface area contributed by atoms with Crippen LogP contribution in [0.4, 0.5) is 5.69 Å². The van der Waals surface area contributed by atoms with E-state index in [1.165, 1.54) is 14.2 Å². The number of ether oxygens (including phenoxy) is 2. The first-order valence-electron chi connectivity index (χ1n) is 6.78. The number of aliphatic hydroxyl groups excluding tert-OH is 1. The summed E-state index contributed by atoms with van der Waals surface area (Å²) >= 11 is 0. The number of rotatable bonds is 5. The number of β-amino-alcohol motifs (C(OH)–C–C–N with tert-alkyl or cyclic N) is 1. The maximum Gasteiger partial charge on any atom is 0.241 e. The Labute approximate surface area is 123 Å². The fourth-order valence-electron chi connectivity index (χ4n) is 2.56. The number of aliphatic hydroxyl groups is 1. The molecule has 0 aliphatic carbocycles. The van der Waals surface area contributed by atoms with Crippen LogP contribution in [0.3, 0.4) is 0 Å². The van der Waals surface area contributed by atoms with E-state index in [4.69, 9.17) is 9.47 Å². The summed E-state index contributed by atoms with van der Waals surface area (Å²) in [5.74, 6) is 0.522. The van der Waals surface area contributed by atoms with Crippen molar-refractivity contribution in [2.45, 2.75) is 12.5 Å². The number of likely N-dealkylation sites (N-methyl/N-ethyl adjacent to an activating group) is 1. The fraction of sp³-hybridized carbons (Fsp3) is 0.571. The number of nitrogens with one attached hydrogen (secondary N) is 1. The molecule has 1 aliphatic rings. The SMILES string of the molecule is COc1ccnc(OC)c1NC(=O)C[C@@H]1CN(C)C[C@H]1O. The Hall–Kier alpha value is -1.86. The topological polar surface area (TPSA) is 83.9 Å². The van der Waals surface area contributed by atoms with Crippen LogP contribution in [0.2, 0.25) is 0 Å². The van der Waals surface area contributed by atoms with Gasteiger partial charge >= 0.3 is 0 Å². The van der Waals surface area contributed by atoms with Gasteiger partial charge in [0.1, 0.15) is 11.4 Å². The Balaban J connectivity index is 2.06. The molecule has 21 heavy (non-hydrogen) atoms. The van der Waals surface area contributed by atoms with E-state index in [2.05, 4.69) is 10.3 Å². The van der Waals surface area contributed by atoms with Crippen LogP contribution in [0.5, 0.6) is 11.6 Å². The fourth-order valence-corrected chi connectivity index (χ4v) is 2.56. The molecule has 2 N–H and O–H groups in total. The molecule has 2 heterocycles. The molecule has 0 unspecified atom stereocenters. The molecule has 7 nitrogen and oxygen atoms in total. The third-order valence-corrected chi connectivity index (χ3v) is 3.59. The molecule has 0 bridgehead atoms. The van der Waals surface area contributed by atoms with E-state index in [0.29, 0.717) is 30.4 Å². The van der Waals surface area contributed by atoms with Crippen LogP contribution < -0.4 is 14.8 Å². The minimum absolute atomic E-state index is 0.0661. The van der Waals surface area contributed by atoms with Gasteiger partial charge in [0.05, 0.1) is 20.3 Å². The number of anilines is 1. The summed E-state index contributed by atoms with van der Waals surface area (Å²) in [4.78, 5) is 18.2. The number of carbonyl (C=O) groups is 1. The van der Waals surface area contributed by atoms with Gasteiger partial charge in [-0.3, -0.25) is 4.79 Å². The van der Waals surface area contributed by atoms with Crippen molar-refractivity contribution in [1.29, 1.82) is 0 Å². The summed E-state index contributed by atoms with van der Waals surface area (Å²) in [7, 11) is 4.92. The molecule has 116 valence electrons. The van der Waals surface area contributed by atoms with E-state index < -0.39 is 6.10 Å². The van der Waals surface area contributed by atoms with E-state index in [1.807, 2.05) is 11.9 Å². The van der Waals surface area contributed by atoms with Crippen molar-refractivity contribution >= 4 is 11.6 Å². The van der Waals surface area contributed by atoms with Crippen molar-refractivity contribution < 1.29 is 19.4 Å². The normalized spacial score (nSPS) is 22.1. The summed E-state index contributed by atoms with van der Waals surface area (Å²) in [5.41, 5.74) is 0.411. The molecule has 1 saturated heterocycles. The summed E-state index contributed by atoms with van der Waals surface area (Å²) in [6.45, 7) is 1.30. The number of methoxy groups -OCH3 is 2. The molecular formula is C14H21N3O4. The molecule has 1 fully saturated rings. The number of aromatic nitrogens is 1. The summed E-state index contributed by atoms with van der Waals surface area (Å²) in [5, 5.41) is 12.7. The lowest BCUT2D eigenvalue weighted by Crippen LogP contribution is -2.24. The van der Waals surface area contributed by atoms with Gasteiger partial charge in [-0.05, 0) is 7.05 Å². The highest BCUT2D eigenvalue weighted by atomic mass is 16.5. The number of pyridine rings is 1. The summed E-state index contributed by atoms with van der Waals surface area (Å²) < 4.78 is 10.3. The number of hydrogen-bond acceptors (Lipinski definition) is 6. The quantitative estimate of drug-likeness (QED) is 0.815. The van der Waals surface area contributed by atoms with Crippen LogP contribution >= 0.6 is 0 Å². The predicted octanol–water partition coefficient (Wildman–Crippen LogP) is 0.350. The number of amides is 1. The molecule has 0 aromatic carbocycles. The highest BCUT2D eigenvalue weighted by Gasteiger charge is 2.31. The zero-order chi connectivity index (χ0) is 15.4. The van der Waals surface area contributed by atoms with Gasteiger partial charge in [-0.1, -0.05) is 0 Å². The summed E-state index contributed by atoms with van der Waals surface area (Å²) in [6, 6.07) is 1.65. The van der Waals surface area contributed by atoms with Crippen LogP contribution in [-0.4, -0.2) is 61.4 Å². The largest absolute Gasteiger partial charge is 0.494 e. The molecule has 7 heteroatoms. The van der Waals surface area contributed by atoms with E-state index >= 15 is 0 Å². The molecule has 1 aliphatic heterocycles. The molecule has 1 amide bonds. The van der Waals surface area contributed by atoms with E-state index in [-0.39, 0.29) is 18.2 Å². The van der Waals surface area contributed by atoms with Gasteiger partial charge in [-0.15, -0.1) is 0 Å². The summed E-state index contributed by atoms with van der Waals surface area (Å²) in [6.07, 6.45) is 1.31. The van der Waals surface area contributed by atoms with Gasteiger partial charge in [0, 0.05) is 37.7 Å². The van der Waals surface area contributed by atoms with Gasteiger partial charge in [0.2, 0.25) is 11.8 Å². The molecule has 0 spiro atoms. The standard InChI is InChI=1S/C14H21N3O4/c1-17-7-9(10(18)8-17)6-12(19)16-13-11(20-2)4-5-15-14(13)21-3/h4-5,9-10,18H,6-8H2,1-3H3,(H,16,19)/t9-,10-/m1/s1. The molecule has 1 aromatic rings. The van der Waals surface area contributed by atoms with Crippen molar-refractivity contribution in [2.75, 3.05) is 39.7 Å². The third kappa shape index (κ3) is 3.62. The Morgan fingerprint density at radius 1 is 1.48 bits per heavy atom. The number of hydrogen-bond donors (Lipinski definition) is 2. The number of nitrogens with zero attached hydrogens (tertiary/aromatic N) is 2.